The van der Waals surface area contributed by atoms with Crippen molar-refractivity contribution in [1.29, 1.82) is 0 Å². The molecular formula is C8H11BrN2. The van der Waals surface area contributed by atoms with E-state index in [0.717, 1.165) is 15.7 Å². The highest BCUT2D eigenvalue weighted by Crippen LogP contribution is 2.19. The molecule has 0 saturated carbocycles. The molecule has 0 radical (unpaired) electrons. The molecule has 2 nitrogen and oxygen atoms in total. The van der Waals surface area contributed by atoms with Crippen LogP contribution in [0.2, 0.25) is 0 Å². The normalized spacial score (nSPS) is 13.1. The first kappa shape index (κ1) is 8.68. The van der Waals surface area contributed by atoms with Gasteiger partial charge in [0.1, 0.15) is 4.60 Å². The number of halogens is 1. The smallest absolute Gasteiger partial charge is 0.110 e. The van der Waals surface area contributed by atoms with Crippen molar-refractivity contribution in [2.75, 3.05) is 0 Å². The zero-order valence-electron chi connectivity index (χ0n) is 6.63. The lowest BCUT2D eigenvalue weighted by atomic mass is 10.1. The summed E-state index contributed by atoms with van der Waals surface area (Å²) in [6, 6.07) is 2.08. The van der Waals surface area contributed by atoms with Crippen LogP contribution in [0.5, 0.6) is 0 Å². The molecule has 0 saturated heterocycles. The maximum absolute atomic E-state index is 5.71. The van der Waals surface area contributed by atoms with Gasteiger partial charge in [-0.25, -0.2) is 4.98 Å². The third-order valence-corrected chi connectivity index (χ3v) is 2.16. The quantitative estimate of drug-likeness (QED) is 0.729. The molecule has 0 unspecified atom stereocenters. The van der Waals surface area contributed by atoms with Gasteiger partial charge in [-0.2, -0.15) is 0 Å². The lowest BCUT2D eigenvalue weighted by Crippen LogP contribution is -2.06. The van der Waals surface area contributed by atoms with Gasteiger partial charge in [0.05, 0.1) is 0 Å². The Labute approximate surface area is 75.0 Å². The number of pyridine rings is 1. The van der Waals surface area contributed by atoms with Crippen molar-refractivity contribution >= 4 is 15.9 Å². The molecule has 60 valence electrons. The van der Waals surface area contributed by atoms with Crippen molar-refractivity contribution < 1.29 is 0 Å². The van der Waals surface area contributed by atoms with E-state index in [1.54, 1.807) is 0 Å². The number of hydrogen-bond donors (Lipinski definition) is 1. The van der Waals surface area contributed by atoms with Crippen LogP contribution >= 0.6 is 15.9 Å². The fourth-order valence-corrected chi connectivity index (χ4v) is 1.47. The van der Waals surface area contributed by atoms with Crippen molar-refractivity contribution in [3.63, 3.8) is 0 Å². The van der Waals surface area contributed by atoms with Gasteiger partial charge in [0.2, 0.25) is 0 Å². The molecule has 1 aromatic heterocycles. The first-order valence-electron chi connectivity index (χ1n) is 3.49. The maximum atomic E-state index is 5.71. The molecule has 0 fully saturated rings. The Morgan fingerprint density at radius 1 is 1.64 bits per heavy atom. The highest BCUT2D eigenvalue weighted by atomic mass is 79.9. The summed E-state index contributed by atoms with van der Waals surface area (Å²) in [5.41, 5.74) is 7.91. The number of hydrogen-bond acceptors (Lipinski definition) is 2. The largest absolute Gasteiger partial charge is 0.324 e. The minimum Gasteiger partial charge on any atom is -0.324 e. The topological polar surface area (TPSA) is 38.9 Å². The molecule has 0 aliphatic heterocycles. The molecule has 1 atom stereocenters. The van der Waals surface area contributed by atoms with Gasteiger partial charge >= 0.3 is 0 Å². The van der Waals surface area contributed by atoms with E-state index < -0.39 is 0 Å². The van der Waals surface area contributed by atoms with Gasteiger partial charge < -0.3 is 5.73 Å². The Morgan fingerprint density at radius 3 is 2.73 bits per heavy atom. The summed E-state index contributed by atoms with van der Waals surface area (Å²) in [6.07, 6.45) is 1.82. The predicted molar refractivity (Wildman–Crippen MR) is 49.3 cm³/mol. The Bertz CT molecular complexity index is 258. The Morgan fingerprint density at radius 2 is 2.27 bits per heavy atom. The molecular weight excluding hydrogens is 204 g/mol. The average Bonchev–Trinajstić information content (AvgIpc) is 1.94. The van der Waals surface area contributed by atoms with Crippen molar-refractivity contribution in [3.05, 3.63) is 28.0 Å². The van der Waals surface area contributed by atoms with Crippen molar-refractivity contribution in [2.45, 2.75) is 19.9 Å². The maximum Gasteiger partial charge on any atom is 0.110 e. The zero-order chi connectivity index (χ0) is 8.43. The monoisotopic (exact) mass is 214 g/mol. The second-order valence-electron chi connectivity index (χ2n) is 2.68. The van der Waals surface area contributed by atoms with E-state index >= 15 is 0 Å². The molecule has 1 aromatic rings. The van der Waals surface area contributed by atoms with Gasteiger partial charge in [-0.1, -0.05) is 6.07 Å². The van der Waals surface area contributed by atoms with Crippen molar-refractivity contribution in [3.8, 4) is 0 Å². The minimum absolute atomic E-state index is 0.0387. The van der Waals surface area contributed by atoms with Crippen LogP contribution in [0.15, 0.2) is 16.9 Å². The van der Waals surface area contributed by atoms with Crippen LogP contribution in [0.1, 0.15) is 24.1 Å². The van der Waals surface area contributed by atoms with E-state index in [1.165, 1.54) is 0 Å². The van der Waals surface area contributed by atoms with Gasteiger partial charge in [-0.15, -0.1) is 0 Å². The molecule has 0 aliphatic carbocycles. The predicted octanol–water partition coefficient (Wildman–Crippen LogP) is 2.17. The van der Waals surface area contributed by atoms with E-state index in [4.69, 9.17) is 5.73 Å². The van der Waals surface area contributed by atoms with Gasteiger partial charge in [0.25, 0.3) is 0 Å². The lowest BCUT2D eigenvalue weighted by Gasteiger charge is -2.07. The highest BCUT2D eigenvalue weighted by Gasteiger charge is 2.04. The second kappa shape index (κ2) is 3.32. The Balaban J connectivity index is 3.13. The number of aryl methyl sites for hydroxylation is 1. The molecule has 3 heteroatoms. The lowest BCUT2D eigenvalue weighted by molar-refractivity contribution is 0.802. The van der Waals surface area contributed by atoms with E-state index in [9.17, 15) is 0 Å². The number of aromatic nitrogens is 1. The summed E-state index contributed by atoms with van der Waals surface area (Å²) < 4.78 is 0.845. The van der Waals surface area contributed by atoms with Gasteiger partial charge in [-0.05, 0) is 35.3 Å². The Kier molecular flexibility index (Phi) is 2.62. The zero-order valence-corrected chi connectivity index (χ0v) is 8.22. The second-order valence-corrected chi connectivity index (χ2v) is 3.43. The number of nitrogens with zero attached hydrogens (tertiary/aromatic N) is 1. The SMILES string of the molecule is Cc1cnc(Br)c([C@@H](C)N)c1. The molecule has 0 spiro atoms. The van der Waals surface area contributed by atoms with E-state index in [-0.39, 0.29) is 6.04 Å². The van der Waals surface area contributed by atoms with E-state index in [1.807, 2.05) is 26.1 Å². The standard InChI is InChI=1S/C8H11BrN2/c1-5-3-7(6(2)10)8(9)11-4-5/h3-4,6H,10H2,1-2H3/t6-/m1/s1. The first-order valence-corrected chi connectivity index (χ1v) is 4.28. The summed E-state index contributed by atoms with van der Waals surface area (Å²) >= 11 is 3.34. The number of rotatable bonds is 1. The molecule has 0 aromatic carbocycles. The van der Waals surface area contributed by atoms with Crippen LogP contribution in [0.4, 0.5) is 0 Å². The molecule has 1 rings (SSSR count). The summed E-state index contributed by atoms with van der Waals surface area (Å²) in [5, 5.41) is 0. The average molecular weight is 215 g/mol. The van der Waals surface area contributed by atoms with Crippen LogP contribution in [0.25, 0.3) is 0 Å². The van der Waals surface area contributed by atoms with Gasteiger partial charge in [-0.3, -0.25) is 0 Å². The summed E-state index contributed by atoms with van der Waals surface area (Å²) in [6.45, 7) is 3.95. The van der Waals surface area contributed by atoms with Crippen LogP contribution in [0, 0.1) is 6.92 Å². The first-order chi connectivity index (χ1) is 5.11. The molecule has 0 amide bonds. The van der Waals surface area contributed by atoms with Crippen LogP contribution < -0.4 is 5.73 Å². The molecule has 0 bridgehead atoms. The Hall–Kier alpha value is -0.410. The summed E-state index contributed by atoms with van der Waals surface area (Å²) in [5.74, 6) is 0. The van der Waals surface area contributed by atoms with Crippen LogP contribution in [-0.4, -0.2) is 4.98 Å². The fraction of sp³-hybridized carbons (Fsp3) is 0.375. The van der Waals surface area contributed by atoms with Gasteiger partial charge in [0, 0.05) is 17.8 Å². The van der Waals surface area contributed by atoms with Crippen molar-refractivity contribution in [2.24, 2.45) is 5.73 Å². The molecule has 1 heterocycles. The highest BCUT2D eigenvalue weighted by molar-refractivity contribution is 9.10. The summed E-state index contributed by atoms with van der Waals surface area (Å²) in [7, 11) is 0. The minimum atomic E-state index is 0.0387. The summed E-state index contributed by atoms with van der Waals surface area (Å²) in [4.78, 5) is 4.14. The van der Waals surface area contributed by atoms with E-state index in [0.29, 0.717) is 0 Å². The third-order valence-electron chi connectivity index (χ3n) is 1.49. The van der Waals surface area contributed by atoms with E-state index in [2.05, 4.69) is 20.9 Å². The fourth-order valence-electron chi connectivity index (χ4n) is 0.894. The van der Waals surface area contributed by atoms with Crippen LogP contribution in [0.3, 0.4) is 0 Å². The van der Waals surface area contributed by atoms with Gasteiger partial charge in [0.15, 0.2) is 0 Å². The van der Waals surface area contributed by atoms with Crippen LogP contribution in [-0.2, 0) is 0 Å². The molecule has 11 heavy (non-hydrogen) atoms. The van der Waals surface area contributed by atoms with Crippen molar-refractivity contribution in [1.82, 2.24) is 4.98 Å². The molecule has 0 aliphatic rings. The molecule has 2 N–H and O–H groups in total. The number of nitrogens with two attached hydrogens (primary N) is 1. The third kappa shape index (κ3) is 2.01.